The summed E-state index contributed by atoms with van der Waals surface area (Å²) in [6.45, 7) is 6.26. The minimum Gasteiger partial charge on any atom is -0.394 e. The molecule has 0 aliphatic heterocycles. The van der Waals surface area contributed by atoms with Crippen LogP contribution in [-0.2, 0) is 0 Å². The minimum atomic E-state index is 0.0178. The fraction of sp³-hybridized carbons (Fsp3) is 0.500. The lowest BCUT2D eigenvalue weighted by molar-refractivity contribution is 0.249. The second-order valence-electron chi connectivity index (χ2n) is 4.63. The number of aliphatic hydroxyl groups is 1. The number of fused-ring (bicyclic) bond motifs is 1. The molecule has 17 heavy (non-hydrogen) atoms. The van der Waals surface area contributed by atoms with Gasteiger partial charge in [-0.05, 0) is 30.5 Å². The van der Waals surface area contributed by atoms with E-state index in [1.54, 1.807) is 4.52 Å². The number of aliphatic hydroxyl groups excluding tert-OH is 1. The van der Waals surface area contributed by atoms with Crippen LogP contribution in [0.2, 0.25) is 0 Å². The summed E-state index contributed by atoms with van der Waals surface area (Å²) in [5.74, 6) is 1.21. The van der Waals surface area contributed by atoms with Crippen LogP contribution in [0.1, 0.15) is 19.4 Å². The molecule has 0 bridgehead atoms. The second-order valence-corrected chi connectivity index (χ2v) is 4.63. The van der Waals surface area contributed by atoms with Crippen molar-refractivity contribution in [1.82, 2.24) is 14.6 Å². The Hall–Kier alpha value is -1.62. The van der Waals surface area contributed by atoms with Gasteiger partial charge in [0, 0.05) is 0 Å². The van der Waals surface area contributed by atoms with Gasteiger partial charge in [0.05, 0.1) is 12.6 Å². The first-order valence-electron chi connectivity index (χ1n) is 5.79. The highest BCUT2D eigenvalue weighted by molar-refractivity contribution is 5.51. The molecule has 0 aliphatic rings. The highest BCUT2D eigenvalue weighted by atomic mass is 16.3. The number of nitrogens with one attached hydrogen (secondary N) is 1. The number of rotatable bonds is 4. The van der Waals surface area contributed by atoms with E-state index < -0.39 is 0 Å². The van der Waals surface area contributed by atoms with Crippen LogP contribution in [-0.4, -0.2) is 32.4 Å². The van der Waals surface area contributed by atoms with Gasteiger partial charge in [-0.1, -0.05) is 13.8 Å². The Kier molecular flexibility index (Phi) is 3.28. The Morgan fingerprint density at radius 2 is 2.18 bits per heavy atom. The smallest absolute Gasteiger partial charge is 0.157 e. The first-order chi connectivity index (χ1) is 8.11. The predicted octanol–water partition coefficient (Wildman–Crippen LogP) is 1.47. The van der Waals surface area contributed by atoms with E-state index >= 15 is 0 Å². The number of hydrogen-bond acceptors (Lipinski definition) is 4. The molecular weight excluding hydrogens is 216 g/mol. The quantitative estimate of drug-likeness (QED) is 0.841. The molecule has 0 aromatic carbocycles. The van der Waals surface area contributed by atoms with Gasteiger partial charge in [-0.15, -0.1) is 0 Å². The van der Waals surface area contributed by atoms with Gasteiger partial charge in [-0.2, -0.15) is 9.61 Å². The third kappa shape index (κ3) is 2.39. The number of anilines is 1. The zero-order valence-corrected chi connectivity index (χ0v) is 10.4. The topological polar surface area (TPSA) is 62.5 Å². The van der Waals surface area contributed by atoms with Crippen molar-refractivity contribution in [1.29, 1.82) is 0 Å². The van der Waals surface area contributed by atoms with Gasteiger partial charge < -0.3 is 10.4 Å². The third-order valence-electron chi connectivity index (χ3n) is 2.86. The van der Waals surface area contributed by atoms with Crippen LogP contribution in [0, 0.1) is 12.8 Å². The maximum atomic E-state index is 9.34. The van der Waals surface area contributed by atoms with Gasteiger partial charge in [0.25, 0.3) is 0 Å². The lowest BCUT2D eigenvalue weighted by Gasteiger charge is -2.21. The monoisotopic (exact) mass is 234 g/mol. The highest BCUT2D eigenvalue weighted by Gasteiger charge is 2.14. The summed E-state index contributed by atoms with van der Waals surface area (Å²) in [6, 6.07) is 4.00. The summed E-state index contributed by atoms with van der Waals surface area (Å²) in [6.07, 6.45) is 1.53. The van der Waals surface area contributed by atoms with Gasteiger partial charge in [0.15, 0.2) is 5.65 Å². The van der Waals surface area contributed by atoms with Crippen LogP contribution in [0.15, 0.2) is 18.5 Å². The van der Waals surface area contributed by atoms with Gasteiger partial charge in [-0.3, -0.25) is 0 Å². The van der Waals surface area contributed by atoms with E-state index in [2.05, 4.69) is 29.2 Å². The van der Waals surface area contributed by atoms with Crippen molar-refractivity contribution in [2.24, 2.45) is 5.92 Å². The Balaban J connectivity index is 2.37. The van der Waals surface area contributed by atoms with Crippen LogP contribution in [0.5, 0.6) is 0 Å². The van der Waals surface area contributed by atoms with Crippen molar-refractivity contribution >= 4 is 11.5 Å². The molecule has 5 heteroatoms. The summed E-state index contributed by atoms with van der Waals surface area (Å²) in [4.78, 5) is 4.17. The molecule has 0 spiro atoms. The number of pyridine rings is 1. The molecule has 2 rings (SSSR count). The molecule has 2 heterocycles. The first-order valence-corrected chi connectivity index (χ1v) is 5.79. The third-order valence-corrected chi connectivity index (χ3v) is 2.86. The molecule has 0 fully saturated rings. The van der Waals surface area contributed by atoms with E-state index in [1.807, 2.05) is 19.1 Å². The number of nitrogens with zero attached hydrogens (tertiary/aromatic N) is 3. The van der Waals surface area contributed by atoms with Crippen LogP contribution >= 0.6 is 0 Å². The van der Waals surface area contributed by atoms with Crippen molar-refractivity contribution in [3.05, 3.63) is 24.0 Å². The maximum absolute atomic E-state index is 9.34. The van der Waals surface area contributed by atoms with Gasteiger partial charge in [0.1, 0.15) is 12.1 Å². The Morgan fingerprint density at radius 3 is 2.82 bits per heavy atom. The highest BCUT2D eigenvalue weighted by Crippen LogP contribution is 2.16. The standard InChI is InChI=1S/C12H18N4O/c1-8(2)10(6-17)15-12-5-9(3)4-11-13-7-14-16(11)12/h4-5,7-8,10,15,17H,6H2,1-3H3. The zero-order chi connectivity index (χ0) is 12.4. The largest absolute Gasteiger partial charge is 0.394 e. The predicted molar refractivity (Wildman–Crippen MR) is 67.1 cm³/mol. The van der Waals surface area contributed by atoms with Gasteiger partial charge in [0.2, 0.25) is 0 Å². The molecule has 2 aromatic rings. The fourth-order valence-corrected chi connectivity index (χ4v) is 1.77. The molecule has 2 aromatic heterocycles. The minimum absolute atomic E-state index is 0.0178. The van der Waals surface area contributed by atoms with E-state index in [1.165, 1.54) is 6.33 Å². The maximum Gasteiger partial charge on any atom is 0.157 e. The van der Waals surface area contributed by atoms with Crippen LogP contribution in [0.3, 0.4) is 0 Å². The summed E-state index contributed by atoms with van der Waals surface area (Å²) >= 11 is 0. The SMILES string of the molecule is Cc1cc(NC(CO)C(C)C)n2ncnc2c1. The summed E-state index contributed by atoms with van der Waals surface area (Å²) in [5.41, 5.74) is 1.93. The molecule has 1 unspecified atom stereocenters. The number of aryl methyl sites for hydroxylation is 1. The number of hydrogen-bond donors (Lipinski definition) is 2. The Bertz CT molecular complexity index is 506. The molecule has 1 atom stereocenters. The molecule has 0 saturated carbocycles. The molecule has 5 nitrogen and oxygen atoms in total. The van der Waals surface area contributed by atoms with Crippen LogP contribution < -0.4 is 5.32 Å². The first kappa shape index (κ1) is 11.9. The fourth-order valence-electron chi connectivity index (χ4n) is 1.77. The molecule has 0 amide bonds. The molecule has 0 radical (unpaired) electrons. The Labute approximate surface area is 100 Å². The number of aromatic nitrogens is 3. The second kappa shape index (κ2) is 4.71. The average Bonchev–Trinajstić information content (AvgIpc) is 2.72. The van der Waals surface area contributed by atoms with E-state index in [0.717, 1.165) is 17.0 Å². The van der Waals surface area contributed by atoms with Crippen LogP contribution in [0.4, 0.5) is 5.82 Å². The lowest BCUT2D eigenvalue weighted by atomic mass is 10.1. The van der Waals surface area contributed by atoms with Gasteiger partial charge in [-0.25, -0.2) is 4.98 Å². The van der Waals surface area contributed by atoms with Crippen molar-refractivity contribution in [2.45, 2.75) is 26.8 Å². The normalized spacial score (nSPS) is 13.2. The van der Waals surface area contributed by atoms with Crippen molar-refractivity contribution < 1.29 is 5.11 Å². The van der Waals surface area contributed by atoms with E-state index in [0.29, 0.717) is 5.92 Å². The molecule has 0 aliphatic carbocycles. The Morgan fingerprint density at radius 1 is 1.41 bits per heavy atom. The van der Waals surface area contributed by atoms with Crippen LogP contribution in [0.25, 0.3) is 5.65 Å². The van der Waals surface area contributed by atoms with E-state index in [-0.39, 0.29) is 12.6 Å². The molecule has 0 saturated heterocycles. The summed E-state index contributed by atoms with van der Waals surface area (Å²) in [7, 11) is 0. The lowest BCUT2D eigenvalue weighted by Crippen LogP contribution is -2.30. The van der Waals surface area contributed by atoms with Crippen molar-refractivity contribution in [3.8, 4) is 0 Å². The molecule has 2 N–H and O–H groups in total. The van der Waals surface area contributed by atoms with Crippen molar-refractivity contribution in [3.63, 3.8) is 0 Å². The zero-order valence-electron chi connectivity index (χ0n) is 10.4. The summed E-state index contributed by atoms with van der Waals surface area (Å²) in [5, 5.41) is 16.8. The molecular formula is C12H18N4O. The summed E-state index contributed by atoms with van der Waals surface area (Å²) < 4.78 is 1.75. The average molecular weight is 234 g/mol. The van der Waals surface area contributed by atoms with E-state index in [4.69, 9.17) is 0 Å². The van der Waals surface area contributed by atoms with E-state index in [9.17, 15) is 5.11 Å². The van der Waals surface area contributed by atoms with Gasteiger partial charge >= 0.3 is 0 Å². The van der Waals surface area contributed by atoms with Crippen molar-refractivity contribution in [2.75, 3.05) is 11.9 Å². The molecule has 92 valence electrons.